The molecule has 0 unspecified atom stereocenters. The highest BCUT2D eigenvalue weighted by atomic mass is 16.5. The largest absolute Gasteiger partial charge is 0.393 e. The molecule has 0 aromatic carbocycles. The van der Waals surface area contributed by atoms with Crippen LogP contribution in [0.1, 0.15) is 39.3 Å². The molecule has 0 spiro atoms. The molecule has 1 aromatic heterocycles. The van der Waals surface area contributed by atoms with Crippen LogP contribution in [-0.4, -0.2) is 16.5 Å². The lowest BCUT2D eigenvalue weighted by atomic mass is 10.1. The van der Waals surface area contributed by atoms with Gasteiger partial charge < -0.3 is 10.5 Å². The number of aromatic nitrogens is 2. The van der Waals surface area contributed by atoms with Crippen LogP contribution in [0.15, 0.2) is 4.79 Å². The van der Waals surface area contributed by atoms with Gasteiger partial charge in [0.25, 0.3) is 5.56 Å². The Morgan fingerprint density at radius 2 is 1.94 bits per heavy atom. The highest BCUT2D eigenvalue weighted by Gasteiger charge is 2.16. The normalized spacial score (nSPS) is 11.4. The minimum absolute atomic E-state index is 0.0869. The van der Waals surface area contributed by atoms with Gasteiger partial charge in [-0.2, -0.15) is 0 Å². The first-order valence-corrected chi connectivity index (χ1v) is 6.59. The van der Waals surface area contributed by atoms with Crippen LogP contribution in [0.5, 0.6) is 0 Å². The lowest BCUT2D eigenvalue weighted by Gasteiger charge is -2.14. The van der Waals surface area contributed by atoms with Gasteiger partial charge in [-0.05, 0) is 18.8 Å². The van der Waals surface area contributed by atoms with Crippen molar-refractivity contribution in [2.45, 2.75) is 53.3 Å². The van der Waals surface area contributed by atoms with E-state index in [0.717, 1.165) is 25.1 Å². The van der Waals surface area contributed by atoms with Gasteiger partial charge in [0.15, 0.2) is 0 Å². The SMILES string of the molecule is CCCn1c(COC)c(N)c(=O)n1CCC(C)C. The molecule has 0 saturated heterocycles. The van der Waals surface area contributed by atoms with Crippen molar-refractivity contribution >= 4 is 5.69 Å². The Morgan fingerprint density at radius 1 is 1.28 bits per heavy atom. The van der Waals surface area contributed by atoms with Crippen LogP contribution in [0.3, 0.4) is 0 Å². The maximum Gasteiger partial charge on any atom is 0.290 e. The van der Waals surface area contributed by atoms with Crippen LogP contribution in [0.25, 0.3) is 0 Å². The zero-order chi connectivity index (χ0) is 13.7. The van der Waals surface area contributed by atoms with Crippen molar-refractivity contribution in [2.24, 2.45) is 5.92 Å². The molecule has 1 heterocycles. The van der Waals surface area contributed by atoms with E-state index < -0.39 is 0 Å². The quantitative estimate of drug-likeness (QED) is 0.808. The van der Waals surface area contributed by atoms with Gasteiger partial charge in [-0.25, -0.2) is 4.68 Å². The molecule has 104 valence electrons. The highest BCUT2D eigenvalue weighted by molar-refractivity contribution is 5.41. The first-order chi connectivity index (χ1) is 8.52. The Morgan fingerprint density at radius 3 is 2.44 bits per heavy atom. The number of ether oxygens (including phenoxy) is 1. The summed E-state index contributed by atoms with van der Waals surface area (Å²) in [5, 5.41) is 0. The van der Waals surface area contributed by atoms with E-state index in [9.17, 15) is 4.79 Å². The fraction of sp³-hybridized carbons (Fsp3) is 0.769. The average Bonchev–Trinajstić information content (AvgIpc) is 2.53. The van der Waals surface area contributed by atoms with E-state index >= 15 is 0 Å². The minimum atomic E-state index is -0.0869. The first kappa shape index (κ1) is 14.8. The number of nitrogen functional groups attached to an aromatic ring is 1. The second kappa shape index (κ2) is 6.64. The van der Waals surface area contributed by atoms with Crippen molar-refractivity contribution in [3.8, 4) is 0 Å². The van der Waals surface area contributed by atoms with Gasteiger partial charge in [-0.3, -0.25) is 9.48 Å². The number of nitrogens with zero attached hydrogens (tertiary/aromatic N) is 2. The van der Waals surface area contributed by atoms with Crippen molar-refractivity contribution in [3.63, 3.8) is 0 Å². The van der Waals surface area contributed by atoms with Crippen LogP contribution in [0.2, 0.25) is 0 Å². The number of hydrogen-bond donors (Lipinski definition) is 1. The van der Waals surface area contributed by atoms with Gasteiger partial charge in [0.05, 0.1) is 12.3 Å². The minimum Gasteiger partial charge on any atom is -0.393 e. The van der Waals surface area contributed by atoms with E-state index in [-0.39, 0.29) is 5.56 Å². The zero-order valence-electron chi connectivity index (χ0n) is 11.9. The van der Waals surface area contributed by atoms with Crippen LogP contribution < -0.4 is 11.3 Å². The Bertz CT molecular complexity index is 432. The average molecular weight is 255 g/mol. The summed E-state index contributed by atoms with van der Waals surface area (Å²) in [5.41, 5.74) is 6.93. The van der Waals surface area contributed by atoms with Crippen molar-refractivity contribution < 1.29 is 4.74 Å². The van der Waals surface area contributed by atoms with Gasteiger partial charge in [-0.1, -0.05) is 20.8 Å². The van der Waals surface area contributed by atoms with Crippen molar-refractivity contribution in [3.05, 3.63) is 16.0 Å². The lowest BCUT2D eigenvalue weighted by Crippen LogP contribution is -2.25. The summed E-state index contributed by atoms with van der Waals surface area (Å²) in [7, 11) is 1.62. The zero-order valence-corrected chi connectivity index (χ0v) is 11.9. The predicted octanol–water partition coefficient (Wildman–Crippen LogP) is 1.83. The molecule has 0 atom stereocenters. The van der Waals surface area contributed by atoms with Gasteiger partial charge in [0, 0.05) is 20.2 Å². The fourth-order valence-corrected chi connectivity index (χ4v) is 2.02. The highest BCUT2D eigenvalue weighted by Crippen LogP contribution is 2.12. The fourth-order valence-electron chi connectivity index (χ4n) is 2.02. The van der Waals surface area contributed by atoms with Crippen LogP contribution in [-0.2, 0) is 24.4 Å². The summed E-state index contributed by atoms with van der Waals surface area (Å²) in [6, 6.07) is 0. The van der Waals surface area contributed by atoms with Gasteiger partial charge in [0.2, 0.25) is 0 Å². The molecule has 0 aliphatic rings. The predicted molar refractivity (Wildman–Crippen MR) is 73.6 cm³/mol. The van der Waals surface area contributed by atoms with E-state index in [2.05, 4.69) is 20.8 Å². The summed E-state index contributed by atoms with van der Waals surface area (Å²) >= 11 is 0. The molecule has 5 heteroatoms. The molecule has 2 N–H and O–H groups in total. The standard InChI is InChI=1S/C13H25N3O2/c1-5-7-15-11(9-18-4)12(14)13(17)16(15)8-6-10(2)3/h10H,5-9,14H2,1-4H3. The molecule has 0 fully saturated rings. The molecule has 1 aromatic rings. The topological polar surface area (TPSA) is 62.2 Å². The molecule has 0 aliphatic carbocycles. The second-order valence-electron chi connectivity index (χ2n) is 5.03. The van der Waals surface area contributed by atoms with E-state index in [0.29, 0.717) is 24.8 Å². The Balaban J connectivity index is 3.13. The number of nitrogens with two attached hydrogens (primary N) is 1. The molecular formula is C13H25N3O2. The van der Waals surface area contributed by atoms with Crippen molar-refractivity contribution in [2.75, 3.05) is 12.8 Å². The summed E-state index contributed by atoms with van der Waals surface area (Å²) < 4.78 is 8.87. The molecule has 1 rings (SSSR count). The Hall–Kier alpha value is -1.23. The van der Waals surface area contributed by atoms with Crippen LogP contribution >= 0.6 is 0 Å². The molecule has 0 saturated carbocycles. The molecule has 0 aliphatic heterocycles. The monoisotopic (exact) mass is 255 g/mol. The van der Waals surface area contributed by atoms with E-state index in [1.54, 1.807) is 11.8 Å². The molecule has 0 amide bonds. The molecule has 0 radical (unpaired) electrons. The maximum absolute atomic E-state index is 12.1. The lowest BCUT2D eigenvalue weighted by molar-refractivity contribution is 0.174. The molecule has 18 heavy (non-hydrogen) atoms. The van der Waals surface area contributed by atoms with E-state index in [1.165, 1.54) is 0 Å². The van der Waals surface area contributed by atoms with Crippen molar-refractivity contribution in [1.29, 1.82) is 0 Å². The Labute approximate surface area is 109 Å². The van der Waals surface area contributed by atoms with E-state index in [4.69, 9.17) is 10.5 Å². The second-order valence-corrected chi connectivity index (χ2v) is 5.03. The summed E-state index contributed by atoms with van der Waals surface area (Å²) in [6.45, 7) is 8.28. The third-order valence-electron chi connectivity index (χ3n) is 3.01. The van der Waals surface area contributed by atoms with Crippen LogP contribution in [0.4, 0.5) is 5.69 Å². The number of rotatable bonds is 7. The number of methoxy groups -OCH3 is 1. The third kappa shape index (κ3) is 3.16. The van der Waals surface area contributed by atoms with Crippen molar-refractivity contribution in [1.82, 2.24) is 9.36 Å². The van der Waals surface area contributed by atoms with Gasteiger partial charge in [-0.15, -0.1) is 0 Å². The van der Waals surface area contributed by atoms with Crippen LogP contribution in [0, 0.1) is 5.92 Å². The number of anilines is 1. The Kier molecular flexibility index (Phi) is 5.47. The molecule has 0 bridgehead atoms. The third-order valence-corrected chi connectivity index (χ3v) is 3.01. The first-order valence-electron chi connectivity index (χ1n) is 6.59. The smallest absolute Gasteiger partial charge is 0.290 e. The molecular weight excluding hydrogens is 230 g/mol. The van der Waals surface area contributed by atoms with Gasteiger partial charge >= 0.3 is 0 Å². The number of hydrogen-bond acceptors (Lipinski definition) is 3. The van der Waals surface area contributed by atoms with E-state index in [1.807, 2.05) is 4.68 Å². The summed E-state index contributed by atoms with van der Waals surface area (Å²) in [6.07, 6.45) is 1.94. The molecule has 5 nitrogen and oxygen atoms in total. The maximum atomic E-state index is 12.1. The summed E-state index contributed by atoms with van der Waals surface area (Å²) in [5.74, 6) is 0.564. The summed E-state index contributed by atoms with van der Waals surface area (Å²) in [4.78, 5) is 12.1. The van der Waals surface area contributed by atoms with Gasteiger partial charge in [0.1, 0.15) is 5.69 Å².